The van der Waals surface area contributed by atoms with Gasteiger partial charge in [0.1, 0.15) is 5.92 Å². The van der Waals surface area contributed by atoms with E-state index in [1.54, 1.807) is 12.2 Å². The van der Waals surface area contributed by atoms with Crippen molar-refractivity contribution < 1.29 is 19.4 Å². The second-order valence-electron chi connectivity index (χ2n) is 4.64. The fourth-order valence-corrected chi connectivity index (χ4v) is 4.20. The van der Waals surface area contributed by atoms with E-state index in [-0.39, 0.29) is 5.91 Å². The van der Waals surface area contributed by atoms with Crippen molar-refractivity contribution in [3.63, 3.8) is 0 Å². The van der Waals surface area contributed by atoms with Crippen LogP contribution in [0.25, 0.3) is 0 Å². The number of fused-ring (bicyclic) bond motifs is 2. The summed E-state index contributed by atoms with van der Waals surface area (Å²) in [6.07, 6.45) is 2.44. The van der Waals surface area contributed by atoms with E-state index in [9.17, 15) is 14.7 Å². The molecule has 0 aromatic carbocycles. The Balaban J connectivity index is 1.72. The number of nitrogens with one attached hydrogen (secondary N) is 1. The highest BCUT2D eigenvalue weighted by atomic mass is 32.2. The molecule has 1 amide bonds. The summed E-state index contributed by atoms with van der Waals surface area (Å²) in [5, 5.41) is 20.1. The SMILES string of the molecule is CCSc1nnc(NC(=O)[C@@H]2[C@@H](C(=O)O)[C@@H]3C=C[C@@H]2O3)s1. The number of ether oxygens (including phenoxy) is 1. The molecular formula is C12H13N3O4S2. The van der Waals surface area contributed by atoms with Gasteiger partial charge in [-0.15, -0.1) is 10.2 Å². The van der Waals surface area contributed by atoms with Gasteiger partial charge in [-0.05, 0) is 5.75 Å². The monoisotopic (exact) mass is 327 g/mol. The lowest BCUT2D eigenvalue weighted by molar-refractivity contribution is -0.145. The normalized spacial score (nSPS) is 29.8. The molecule has 1 aromatic heterocycles. The third-order valence-electron chi connectivity index (χ3n) is 3.39. The molecule has 4 atom stereocenters. The molecule has 1 saturated heterocycles. The first kappa shape index (κ1) is 14.5. The molecule has 2 aliphatic rings. The number of carbonyl (C=O) groups excluding carboxylic acids is 1. The van der Waals surface area contributed by atoms with Crippen LogP contribution in [0.2, 0.25) is 0 Å². The zero-order valence-corrected chi connectivity index (χ0v) is 12.7. The number of thioether (sulfide) groups is 1. The number of anilines is 1. The van der Waals surface area contributed by atoms with Gasteiger partial charge in [-0.2, -0.15) is 0 Å². The van der Waals surface area contributed by atoms with Crippen LogP contribution < -0.4 is 5.32 Å². The molecule has 9 heteroatoms. The van der Waals surface area contributed by atoms with Crippen LogP contribution in [0.4, 0.5) is 5.13 Å². The van der Waals surface area contributed by atoms with Crippen molar-refractivity contribution in [2.75, 3.05) is 11.1 Å². The molecular weight excluding hydrogens is 314 g/mol. The van der Waals surface area contributed by atoms with Gasteiger partial charge in [-0.1, -0.05) is 42.2 Å². The second-order valence-corrected chi connectivity index (χ2v) is 7.12. The number of nitrogens with zero attached hydrogens (tertiary/aromatic N) is 2. The fourth-order valence-electron chi connectivity index (χ4n) is 2.55. The van der Waals surface area contributed by atoms with Crippen molar-refractivity contribution in [3.8, 4) is 0 Å². The van der Waals surface area contributed by atoms with Crippen molar-refractivity contribution in [1.82, 2.24) is 10.2 Å². The van der Waals surface area contributed by atoms with Crippen LogP contribution in [0.3, 0.4) is 0 Å². The molecule has 7 nitrogen and oxygen atoms in total. The summed E-state index contributed by atoms with van der Waals surface area (Å²) in [6, 6.07) is 0. The van der Waals surface area contributed by atoms with Crippen molar-refractivity contribution >= 4 is 40.1 Å². The van der Waals surface area contributed by atoms with E-state index in [2.05, 4.69) is 15.5 Å². The Labute approximate surface area is 128 Å². The first-order chi connectivity index (χ1) is 10.1. The first-order valence-corrected chi connectivity index (χ1v) is 8.24. The molecule has 0 spiro atoms. The molecule has 2 bridgehead atoms. The van der Waals surface area contributed by atoms with Gasteiger partial charge >= 0.3 is 5.97 Å². The molecule has 2 N–H and O–H groups in total. The van der Waals surface area contributed by atoms with E-state index in [4.69, 9.17) is 4.74 Å². The Kier molecular flexibility index (Phi) is 3.96. The van der Waals surface area contributed by atoms with E-state index >= 15 is 0 Å². The third-order valence-corrected chi connectivity index (χ3v) is 5.25. The first-order valence-electron chi connectivity index (χ1n) is 6.44. The van der Waals surface area contributed by atoms with Crippen molar-refractivity contribution in [2.45, 2.75) is 23.5 Å². The van der Waals surface area contributed by atoms with Crippen molar-refractivity contribution in [1.29, 1.82) is 0 Å². The Morgan fingerprint density at radius 2 is 2.10 bits per heavy atom. The van der Waals surface area contributed by atoms with Crippen LogP contribution in [0.15, 0.2) is 16.5 Å². The summed E-state index contributed by atoms with van der Waals surface area (Å²) < 4.78 is 6.24. The minimum absolute atomic E-state index is 0.381. The van der Waals surface area contributed by atoms with Crippen molar-refractivity contribution in [3.05, 3.63) is 12.2 Å². The van der Waals surface area contributed by atoms with E-state index in [0.29, 0.717) is 5.13 Å². The van der Waals surface area contributed by atoms with Crippen LogP contribution in [-0.2, 0) is 14.3 Å². The standard InChI is InChI=1S/C12H13N3O4S2/c1-2-20-12-15-14-11(21-12)13-9(16)7-5-3-4-6(19-5)8(7)10(17)18/h3-8H,2H2,1H3,(H,17,18)(H,13,14,16)/t5-,6-,7-,8-/m0/s1. The molecule has 1 fully saturated rings. The van der Waals surface area contributed by atoms with Crippen molar-refractivity contribution in [2.24, 2.45) is 11.8 Å². The molecule has 112 valence electrons. The van der Waals surface area contributed by atoms with Gasteiger partial charge in [0.2, 0.25) is 11.0 Å². The van der Waals surface area contributed by atoms with Gasteiger partial charge in [0.15, 0.2) is 4.34 Å². The molecule has 0 radical (unpaired) electrons. The molecule has 3 heterocycles. The Morgan fingerprint density at radius 3 is 2.76 bits per heavy atom. The second kappa shape index (κ2) is 5.74. The summed E-state index contributed by atoms with van der Waals surface area (Å²) in [7, 11) is 0. The molecule has 0 saturated carbocycles. The Hall–Kier alpha value is -1.45. The van der Waals surface area contributed by atoms with E-state index in [0.717, 1.165) is 10.1 Å². The number of hydrogen-bond acceptors (Lipinski definition) is 7. The maximum absolute atomic E-state index is 12.3. The predicted octanol–water partition coefficient (Wildman–Crippen LogP) is 1.24. The number of aliphatic carboxylic acids is 1. The van der Waals surface area contributed by atoms with Gasteiger partial charge in [0.25, 0.3) is 0 Å². The number of carboxylic acid groups (broad SMARTS) is 1. The van der Waals surface area contributed by atoms with Crippen LogP contribution in [0.1, 0.15) is 6.92 Å². The lowest BCUT2D eigenvalue weighted by Crippen LogP contribution is -2.39. The van der Waals surface area contributed by atoms with E-state index < -0.39 is 30.0 Å². The van der Waals surface area contributed by atoms with Gasteiger partial charge in [-0.25, -0.2) is 0 Å². The van der Waals surface area contributed by atoms with Crippen LogP contribution >= 0.6 is 23.1 Å². The average Bonchev–Trinajstić information content (AvgIpc) is 3.13. The summed E-state index contributed by atoms with van der Waals surface area (Å²) in [4.78, 5) is 23.7. The Bertz CT molecular complexity index is 603. The maximum atomic E-state index is 12.3. The molecule has 3 rings (SSSR count). The largest absolute Gasteiger partial charge is 0.481 e. The lowest BCUT2D eigenvalue weighted by Gasteiger charge is -2.20. The highest BCUT2D eigenvalue weighted by Gasteiger charge is 2.53. The van der Waals surface area contributed by atoms with Crippen LogP contribution in [0.5, 0.6) is 0 Å². The number of carboxylic acids is 1. The van der Waals surface area contributed by atoms with Crippen LogP contribution in [-0.4, -0.2) is 45.1 Å². The highest BCUT2D eigenvalue weighted by molar-refractivity contribution is 8.01. The molecule has 0 aliphatic carbocycles. The quantitative estimate of drug-likeness (QED) is 0.476. The third kappa shape index (κ3) is 2.68. The maximum Gasteiger partial charge on any atom is 0.310 e. The summed E-state index contributed by atoms with van der Waals surface area (Å²) in [5.41, 5.74) is 0. The minimum atomic E-state index is -1.02. The molecule has 0 unspecified atom stereocenters. The zero-order valence-electron chi connectivity index (χ0n) is 11.1. The highest BCUT2D eigenvalue weighted by Crippen LogP contribution is 2.40. The van der Waals surface area contributed by atoms with E-state index in [1.165, 1.54) is 23.1 Å². The smallest absolute Gasteiger partial charge is 0.310 e. The van der Waals surface area contributed by atoms with Gasteiger partial charge in [0.05, 0.1) is 18.1 Å². The number of hydrogen-bond donors (Lipinski definition) is 2. The van der Waals surface area contributed by atoms with Gasteiger partial charge in [0, 0.05) is 0 Å². The summed E-state index contributed by atoms with van der Waals surface area (Å²) >= 11 is 2.81. The topological polar surface area (TPSA) is 101 Å². The number of amides is 1. The Morgan fingerprint density at radius 1 is 1.38 bits per heavy atom. The lowest BCUT2D eigenvalue weighted by atomic mass is 9.82. The number of aromatic nitrogens is 2. The summed E-state index contributed by atoms with van der Waals surface area (Å²) in [5.74, 6) is -2.12. The average molecular weight is 327 g/mol. The predicted molar refractivity (Wildman–Crippen MR) is 77.4 cm³/mol. The zero-order chi connectivity index (χ0) is 15.0. The molecule has 1 aromatic rings. The molecule has 21 heavy (non-hydrogen) atoms. The van der Waals surface area contributed by atoms with Gasteiger partial charge in [-0.3, -0.25) is 9.59 Å². The van der Waals surface area contributed by atoms with Gasteiger partial charge < -0.3 is 15.2 Å². The minimum Gasteiger partial charge on any atom is -0.481 e. The number of rotatable bonds is 5. The van der Waals surface area contributed by atoms with Crippen LogP contribution in [0, 0.1) is 11.8 Å². The molecule has 2 aliphatic heterocycles. The van der Waals surface area contributed by atoms with E-state index in [1.807, 2.05) is 6.92 Å². The summed E-state index contributed by atoms with van der Waals surface area (Å²) in [6.45, 7) is 2.00. The number of carbonyl (C=O) groups is 2. The fraction of sp³-hybridized carbons (Fsp3) is 0.500.